The number of hydrogen-bond donors (Lipinski definition) is 2. The van der Waals surface area contributed by atoms with Gasteiger partial charge in [-0.1, -0.05) is 94.1 Å². The number of hydrogen-bond acceptors (Lipinski definition) is 5. The van der Waals surface area contributed by atoms with Crippen molar-refractivity contribution < 1.29 is 18.8 Å². The summed E-state index contributed by atoms with van der Waals surface area (Å²) >= 11 is 0. The first-order chi connectivity index (χ1) is 14.7. The minimum Gasteiger partial charge on any atom is -0.460 e. The predicted octanol–water partition coefficient (Wildman–Crippen LogP) is 1.74. The molecule has 2 aromatic carbocycles. The van der Waals surface area contributed by atoms with E-state index in [1.165, 1.54) is 6.08 Å². The summed E-state index contributed by atoms with van der Waals surface area (Å²) in [4.78, 5) is 24.0. The maximum absolute atomic E-state index is 12.4. The molecule has 0 bridgehead atoms. The summed E-state index contributed by atoms with van der Waals surface area (Å²) in [6, 6.07) is 19.3. The fourth-order valence-corrected chi connectivity index (χ4v) is 8.13. The molecule has 1 atom stereocenters. The van der Waals surface area contributed by atoms with Crippen molar-refractivity contribution in [3.63, 3.8) is 0 Å². The van der Waals surface area contributed by atoms with E-state index >= 15 is 0 Å². The first kappa shape index (κ1) is 24.5. The molecule has 0 aromatic heterocycles. The van der Waals surface area contributed by atoms with Gasteiger partial charge in [-0.3, -0.25) is 9.59 Å². The fraction of sp³-hybridized carbons (Fsp3) is 0.333. The largest absolute Gasteiger partial charge is 0.460 e. The zero-order valence-corrected chi connectivity index (χ0v) is 19.5. The first-order valence-corrected chi connectivity index (χ1v) is 12.2. The maximum Gasteiger partial charge on any atom is 0.325 e. The molecule has 0 saturated heterocycles. The van der Waals surface area contributed by atoms with Crippen molar-refractivity contribution in [2.75, 3.05) is 19.8 Å². The third-order valence-electron chi connectivity index (χ3n) is 5.00. The van der Waals surface area contributed by atoms with Gasteiger partial charge in [0.15, 0.2) is 0 Å². The molecule has 166 valence electrons. The second-order valence-electron chi connectivity index (χ2n) is 8.27. The van der Waals surface area contributed by atoms with Crippen LogP contribution in [-0.4, -0.2) is 46.0 Å². The van der Waals surface area contributed by atoms with E-state index in [-0.39, 0.29) is 24.8 Å². The highest BCUT2D eigenvalue weighted by Gasteiger charge is 2.50. The number of nitrogens with one attached hydrogen (secondary N) is 1. The van der Waals surface area contributed by atoms with Gasteiger partial charge < -0.3 is 20.2 Å². The monoisotopic (exact) mass is 440 g/mol. The average molecular weight is 441 g/mol. The summed E-state index contributed by atoms with van der Waals surface area (Å²) < 4.78 is 11.5. The van der Waals surface area contributed by atoms with Gasteiger partial charge in [-0.05, 0) is 15.4 Å². The van der Waals surface area contributed by atoms with E-state index in [1.807, 2.05) is 36.4 Å². The van der Waals surface area contributed by atoms with Gasteiger partial charge >= 0.3 is 5.97 Å². The van der Waals surface area contributed by atoms with E-state index in [1.54, 1.807) is 0 Å². The fourth-order valence-electron chi connectivity index (χ4n) is 3.55. The predicted molar refractivity (Wildman–Crippen MR) is 126 cm³/mol. The summed E-state index contributed by atoms with van der Waals surface area (Å²) in [5, 5.41) is 4.50. The van der Waals surface area contributed by atoms with E-state index in [9.17, 15) is 9.59 Å². The molecule has 7 heteroatoms. The van der Waals surface area contributed by atoms with Crippen LogP contribution in [0.4, 0.5) is 0 Å². The molecule has 0 aliphatic heterocycles. The Hall–Kier alpha value is -2.74. The number of carbonyl (C=O) groups is 2. The van der Waals surface area contributed by atoms with Crippen LogP contribution in [0.2, 0.25) is 5.04 Å². The Morgan fingerprint density at radius 1 is 1.06 bits per heavy atom. The Bertz CT molecular complexity index is 827. The van der Waals surface area contributed by atoms with E-state index in [2.05, 4.69) is 56.9 Å². The van der Waals surface area contributed by atoms with E-state index in [4.69, 9.17) is 14.9 Å². The van der Waals surface area contributed by atoms with Crippen LogP contribution in [0.25, 0.3) is 0 Å². The molecular weight excluding hydrogens is 408 g/mol. The molecule has 0 fully saturated rings. The lowest BCUT2D eigenvalue weighted by Gasteiger charge is -2.43. The Morgan fingerprint density at radius 3 is 2.03 bits per heavy atom. The van der Waals surface area contributed by atoms with Gasteiger partial charge in [0.05, 0.1) is 6.61 Å². The normalized spacial score (nSPS) is 12.6. The highest BCUT2D eigenvalue weighted by molar-refractivity contribution is 6.99. The lowest BCUT2D eigenvalue weighted by Crippen LogP contribution is -2.67. The molecule has 2 aromatic rings. The lowest BCUT2D eigenvalue weighted by atomic mass is 10.2. The lowest BCUT2D eigenvalue weighted by molar-refractivity contribution is -0.142. The second-order valence-corrected chi connectivity index (χ2v) is 12.6. The molecule has 0 aliphatic rings. The van der Waals surface area contributed by atoms with Gasteiger partial charge in [-0.2, -0.15) is 0 Å². The Kier molecular flexibility index (Phi) is 8.73. The summed E-state index contributed by atoms with van der Waals surface area (Å²) in [5.74, 6) is -1.01. The van der Waals surface area contributed by atoms with Crippen LogP contribution in [-0.2, 0) is 18.8 Å². The zero-order valence-electron chi connectivity index (χ0n) is 18.5. The minimum absolute atomic E-state index is 0.0286. The molecule has 0 spiro atoms. The van der Waals surface area contributed by atoms with Gasteiger partial charge in [-0.15, -0.1) is 0 Å². The Morgan fingerprint density at radius 2 is 1.58 bits per heavy atom. The molecule has 31 heavy (non-hydrogen) atoms. The van der Waals surface area contributed by atoms with Crippen LogP contribution in [0.15, 0.2) is 73.3 Å². The van der Waals surface area contributed by atoms with E-state index in [0.29, 0.717) is 0 Å². The SMILES string of the molecule is C=CCOC(=O)CNC(=O)[C@H](N)CO[Si](c1ccccc1)(c1ccccc1)C(C)(C)C. The van der Waals surface area contributed by atoms with Gasteiger partial charge in [0.1, 0.15) is 19.2 Å². The van der Waals surface area contributed by atoms with Gasteiger partial charge in [0.2, 0.25) is 5.91 Å². The number of carbonyl (C=O) groups excluding carboxylic acids is 2. The first-order valence-electron chi connectivity index (χ1n) is 10.3. The van der Waals surface area contributed by atoms with Gasteiger partial charge in [0, 0.05) is 0 Å². The molecule has 0 aliphatic carbocycles. The van der Waals surface area contributed by atoms with Crippen LogP contribution >= 0.6 is 0 Å². The standard InChI is InChI=1S/C24H32N2O4Si/c1-5-16-29-22(27)17-26-23(28)21(25)18-30-31(24(2,3)4,19-12-8-6-9-13-19)20-14-10-7-11-15-20/h5-15,21H,1,16-18,25H2,2-4H3,(H,26,28)/t21-/m1/s1. The summed E-state index contributed by atoms with van der Waals surface area (Å²) in [6.07, 6.45) is 1.46. The smallest absolute Gasteiger partial charge is 0.325 e. The number of rotatable bonds is 10. The number of nitrogens with two attached hydrogens (primary N) is 1. The van der Waals surface area contributed by atoms with Gasteiger partial charge in [-0.25, -0.2) is 0 Å². The number of benzene rings is 2. The zero-order chi connectivity index (χ0) is 22.9. The molecule has 1 amide bonds. The number of amides is 1. The van der Waals surface area contributed by atoms with Crippen molar-refractivity contribution in [3.8, 4) is 0 Å². The van der Waals surface area contributed by atoms with Gasteiger partial charge in [0.25, 0.3) is 8.32 Å². The van der Waals surface area contributed by atoms with Crippen LogP contribution in [0, 0.1) is 0 Å². The molecule has 0 saturated carbocycles. The van der Waals surface area contributed by atoms with Crippen molar-refractivity contribution in [3.05, 3.63) is 73.3 Å². The maximum atomic E-state index is 12.4. The van der Waals surface area contributed by atoms with Crippen molar-refractivity contribution in [2.45, 2.75) is 31.9 Å². The van der Waals surface area contributed by atoms with E-state index in [0.717, 1.165) is 10.4 Å². The number of esters is 1. The topological polar surface area (TPSA) is 90.7 Å². The summed E-state index contributed by atoms with van der Waals surface area (Å²) in [7, 11) is -2.78. The highest BCUT2D eigenvalue weighted by atomic mass is 28.4. The molecule has 2 rings (SSSR count). The molecule has 0 unspecified atom stereocenters. The third kappa shape index (κ3) is 6.13. The van der Waals surface area contributed by atoms with Crippen LogP contribution < -0.4 is 21.4 Å². The third-order valence-corrected chi connectivity index (χ3v) is 10.0. The van der Waals surface area contributed by atoms with Crippen LogP contribution in [0.3, 0.4) is 0 Å². The highest BCUT2D eigenvalue weighted by Crippen LogP contribution is 2.36. The van der Waals surface area contributed by atoms with E-state index < -0.39 is 26.2 Å². The second kappa shape index (κ2) is 11.0. The summed E-state index contributed by atoms with van der Waals surface area (Å²) in [5.41, 5.74) is 6.13. The molecule has 0 radical (unpaired) electrons. The van der Waals surface area contributed by atoms with Crippen molar-refractivity contribution in [2.24, 2.45) is 5.73 Å². The quantitative estimate of drug-likeness (QED) is 0.334. The van der Waals surface area contributed by atoms with Crippen molar-refractivity contribution >= 4 is 30.6 Å². The molecule has 0 heterocycles. The Labute approximate surface area is 185 Å². The minimum atomic E-state index is -2.78. The van der Waals surface area contributed by atoms with Crippen molar-refractivity contribution in [1.82, 2.24) is 5.32 Å². The van der Waals surface area contributed by atoms with Crippen molar-refractivity contribution in [1.29, 1.82) is 0 Å². The molecule has 6 nitrogen and oxygen atoms in total. The van der Waals surface area contributed by atoms with Crippen LogP contribution in [0.5, 0.6) is 0 Å². The van der Waals surface area contributed by atoms with Crippen LogP contribution in [0.1, 0.15) is 20.8 Å². The summed E-state index contributed by atoms with van der Waals surface area (Å²) in [6.45, 7) is 9.81. The average Bonchev–Trinajstić information content (AvgIpc) is 2.76. The molecular formula is C24H32N2O4Si. The Balaban J connectivity index is 2.24. The molecule has 3 N–H and O–H groups in total. The number of ether oxygens (including phenoxy) is 1.